The van der Waals surface area contributed by atoms with Gasteiger partial charge in [0.1, 0.15) is 0 Å². The quantitative estimate of drug-likeness (QED) is 0.487. The zero-order valence-electron chi connectivity index (χ0n) is 17.0. The summed E-state index contributed by atoms with van der Waals surface area (Å²) in [4.78, 5) is 14.3. The summed E-state index contributed by atoms with van der Waals surface area (Å²) in [6.07, 6.45) is 1.74. The van der Waals surface area contributed by atoms with Crippen molar-refractivity contribution in [1.29, 1.82) is 0 Å². The first kappa shape index (κ1) is 20.6. The molecule has 30 heavy (non-hydrogen) atoms. The van der Waals surface area contributed by atoms with E-state index >= 15 is 0 Å². The Morgan fingerprint density at radius 1 is 1.17 bits per heavy atom. The highest BCUT2D eigenvalue weighted by Crippen LogP contribution is 2.26. The predicted molar refractivity (Wildman–Crippen MR) is 120 cm³/mol. The number of ether oxygens (including phenoxy) is 1. The van der Waals surface area contributed by atoms with Gasteiger partial charge in [0.15, 0.2) is 0 Å². The summed E-state index contributed by atoms with van der Waals surface area (Å²) in [5, 5.41) is 6.07. The molecule has 1 fully saturated rings. The van der Waals surface area contributed by atoms with E-state index in [1.54, 1.807) is 6.21 Å². The number of hydrogen-bond donors (Lipinski definition) is 1. The van der Waals surface area contributed by atoms with E-state index < -0.39 is 0 Å². The Morgan fingerprint density at radius 3 is 2.67 bits per heavy atom. The maximum Gasteiger partial charge on any atom is 0.254 e. The van der Waals surface area contributed by atoms with Crippen molar-refractivity contribution in [1.82, 2.24) is 14.9 Å². The lowest BCUT2D eigenvalue weighted by atomic mass is 10.1. The van der Waals surface area contributed by atoms with Crippen LogP contribution in [-0.4, -0.2) is 54.4 Å². The first-order valence-electron chi connectivity index (χ1n) is 10.1. The van der Waals surface area contributed by atoms with Gasteiger partial charge in [-0.2, -0.15) is 5.10 Å². The Bertz CT molecular complexity index is 1050. The lowest BCUT2D eigenvalue weighted by molar-refractivity contribution is -0.123. The van der Waals surface area contributed by atoms with Crippen molar-refractivity contribution in [2.24, 2.45) is 5.10 Å². The van der Waals surface area contributed by atoms with Crippen LogP contribution >= 0.6 is 11.6 Å². The van der Waals surface area contributed by atoms with Crippen molar-refractivity contribution >= 4 is 34.6 Å². The van der Waals surface area contributed by atoms with Crippen LogP contribution in [0.3, 0.4) is 0 Å². The Labute approximate surface area is 181 Å². The van der Waals surface area contributed by atoms with Gasteiger partial charge in [0.25, 0.3) is 5.91 Å². The Hall–Kier alpha value is -2.67. The highest BCUT2D eigenvalue weighted by atomic mass is 35.5. The van der Waals surface area contributed by atoms with E-state index in [2.05, 4.69) is 39.1 Å². The largest absolute Gasteiger partial charge is 0.379 e. The fourth-order valence-electron chi connectivity index (χ4n) is 3.76. The van der Waals surface area contributed by atoms with E-state index in [0.717, 1.165) is 46.8 Å². The summed E-state index contributed by atoms with van der Waals surface area (Å²) in [5.74, 6) is -0.115. The number of amides is 1. The number of fused-ring (bicyclic) bond motifs is 1. The number of carbonyl (C=O) groups is 1. The molecule has 3 aromatic rings. The van der Waals surface area contributed by atoms with Gasteiger partial charge in [0.2, 0.25) is 0 Å². The summed E-state index contributed by atoms with van der Waals surface area (Å²) in [6, 6.07) is 16.1. The smallest absolute Gasteiger partial charge is 0.254 e. The summed E-state index contributed by atoms with van der Waals surface area (Å²) < 4.78 is 7.57. The van der Waals surface area contributed by atoms with Crippen LogP contribution in [0, 0.1) is 6.92 Å². The second-order valence-corrected chi connectivity index (χ2v) is 7.85. The third-order valence-corrected chi connectivity index (χ3v) is 5.64. The van der Waals surface area contributed by atoms with Crippen molar-refractivity contribution in [3.05, 3.63) is 70.4 Å². The molecule has 0 saturated carbocycles. The fraction of sp³-hybridized carbons (Fsp3) is 0.304. The summed E-state index contributed by atoms with van der Waals surface area (Å²) in [7, 11) is 0. The number of nitrogens with zero attached hydrogens (tertiary/aromatic N) is 3. The number of benzene rings is 2. The Morgan fingerprint density at radius 2 is 1.90 bits per heavy atom. The minimum atomic E-state index is -0.115. The topological polar surface area (TPSA) is 58.9 Å². The second-order valence-electron chi connectivity index (χ2n) is 7.41. The van der Waals surface area contributed by atoms with Crippen LogP contribution in [0.5, 0.6) is 0 Å². The third kappa shape index (κ3) is 4.73. The summed E-state index contributed by atoms with van der Waals surface area (Å²) >= 11 is 6.02. The Balaban J connectivity index is 1.52. The van der Waals surface area contributed by atoms with E-state index in [9.17, 15) is 4.79 Å². The van der Waals surface area contributed by atoms with Crippen LogP contribution in [0.15, 0.2) is 53.6 Å². The number of rotatable bonds is 6. The minimum Gasteiger partial charge on any atom is -0.379 e. The van der Waals surface area contributed by atoms with Gasteiger partial charge in [-0.3, -0.25) is 9.69 Å². The molecule has 2 heterocycles. The number of nitrogens with one attached hydrogen (secondary N) is 1. The molecule has 156 valence electrons. The molecule has 0 atom stereocenters. The monoisotopic (exact) mass is 424 g/mol. The van der Waals surface area contributed by atoms with Gasteiger partial charge < -0.3 is 9.30 Å². The second kappa shape index (κ2) is 9.43. The molecule has 1 saturated heterocycles. The maximum absolute atomic E-state index is 12.2. The first-order chi connectivity index (χ1) is 14.6. The molecule has 0 unspecified atom stereocenters. The molecule has 1 aromatic heterocycles. The molecule has 0 radical (unpaired) electrons. The molecule has 1 aliphatic rings. The molecule has 1 aliphatic heterocycles. The first-order valence-corrected chi connectivity index (χ1v) is 10.4. The summed E-state index contributed by atoms with van der Waals surface area (Å²) in [5.41, 5.74) is 7.06. The van der Waals surface area contributed by atoms with Gasteiger partial charge in [0.05, 0.1) is 26.0 Å². The van der Waals surface area contributed by atoms with E-state index in [1.165, 1.54) is 5.56 Å². The van der Waals surface area contributed by atoms with E-state index in [-0.39, 0.29) is 5.91 Å². The van der Waals surface area contributed by atoms with Crippen LogP contribution < -0.4 is 5.43 Å². The zero-order valence-corrected chi connectivity index (χ0v) is 17.7. The van der Waals surface area contributed by atoms with Crippen molar-refractivity contribution in [3.8, 4) is 0 Å². The number of aromatic nitrogens is 1. The van der Waals surface area contributed by atoms with Crippen molar-refractivity contribution in [2.75, 3.05) is 32.8 Å². The number of morpholine rings is 1. The number of hydrazone groups is 1. The molecule has 0 bridgehead atoms. The highest BCUT2D eigenvalue weighted by Gasteiger charge is 2.15. The third-order valence-electron chi connectivity index (χ3n) is 5.39. The van der Waals surface area contributed by atoms with Gasteiger partial charge in [-0.05, 0) is 30.7 Å². The number of para-hydroxylation sites is 1. The maximum atomic E-state index is 12.2. The molecule has 1 amide bonds. The minimum absolute atomic E-state index is 0.115. The van der Waals surface area contributed by atoms with Crippen LogP contribution in [0.1, 0.15) is 16.8 Å². The highest BCUT2D eigenvalue weighted by molar-refractivity contribution is 6.30. The molecule has 1 N–H and O–H groups in total. The van der Waals surface area contributed by atoms with Crippen LogP contribution in [0.2, 0.25) is 5.02 Å². The van der Waals surface area contributed by atoms with Gasteiger partial charge >= 0.3 is 0 Å². The normalized spacial score (nSPS) is 15.1. The average molecular weight is 425 g/mol. The molecule has 0 aliphatic carbocycles. The average Bonchev–Trinajstić information content (AvgIpc) is 3.02. The molecule has 6 nitrogen and oxygen atoms in total. The van der Waals surface area contributed by atoms with E-state index in [4.69, 9.17) is 16.3 Å². The van der Waals surface area contributed by atoms with Gasteiger partial charge in [-0.1, -0.05) is 41.9 Å². The van der Waals surface area contributed by atoms with Crippen LogP contribution in [-0.2, 0) is 16.1 Å². The molecule has 2 aromatic carbocycles. The van der Waals surface area contributed by atoms with Crippen LogP contribution in [0.4, 0.5) is 0 Å². The lowest BCUT2D eigenvalue weighted by Crippen LogP contribution is -2.42. The lowest BCUT2D eigenvalue weighted by Gasteiger charge is -2.25. The molecular formula is C23H25ClN4O2. The molecule has 4 rings (SSSR count). The van der Waals surface area contributed by atoms with Crippen molar-refractivity contribution in [3.63, 3.8) is 0 Å². The SMILES string of the molecule is Cc1c(/C=N/NC(=O)CN2CCOCC2)c2ccccc2n1Cc1ccc(Cl)cc1. The van der Waals surface area contributed by atoms with Crippen LogP contribution in [0.25, 0.3) is 10.9 Å². The molecule has 7 heteroatoms. The van der Waals surface area contributed by atoms with Gasteiger partial charge in [-0.15, -0.1) is 0 Å². The predicted octanol–water partition coefficient (Wildman–Crippen LogP) is 3.43. The summed E-state index contributed by atoms with van der Waals surface area (Å²) in [6.45, 7) is 6.03. The molecule has 0 spiro atoms. The number of halogens is 1. The van der Waals surface area contributed by atoms with E-state index in [1.807, 2.05) is 36.4 Å². The number of carbonyl (C=O) groups excluding carboxylic acids is 1. The fourth-order valence-corrected chi connectivity index (χ4v) is 3.89. The van der Waals surface area contributed by atoms with E-state index in [0.29, 0.717) is 19.8 Å². The van der Waals surface area contributed by atoms with Gasteiger partial charge in [0, 0.05) is 46.8 Å². The standard InChI is InChI=1S/C23H25ClN4O2/c1-17-21(14-25-26-23(29)16-27-10-12-30-13-11-27)20-4-2-3-5-22(20)28(17)15-18-6-8-19(24)9-7-18/h2-9,14H,10-13,15-16H2,1H3,(H,26,29)/b25-14+. The zero-order chi connectivity index (χ0) is 20.9. The Kier molecular flexibility index (Phi) is 6.47. The number of hydrogen-bond acceptors (Lipinski definition) is 4. The van der Waals surface area contributed by atoms with Crippen molar-refractivity contribution < 1.29 is 9.53 Å². The molecular weight excluding hydrogens is 400 g/mol. The van der Waals surface area contributed by atoms with Crippen molar-refractivity contribution in [2.45, 2.75) is 13.5 Å². The van der Waals surface area contributed by atoms with Gasteiger partial charge in [-0.25, -0.2) is 5.43 Å².